The number of halogens is 1. The number of hydrogen-bond donors (Lipinski definition) is 0. The van der Waals surface area contributed by atoms with Crippen LogP contribution in [0.15, 0.2) is 29.1 Å². The maximum atomic E-state index is 4.57. The van der Waals surface area contributed by atoms with E-state index in [1.807, 2.05) is 24.1 Å². The molecule has 0 unspecified atom stereocenters. The average Bonchev–Trinajstić information content (AvgIpc) is 2.99. The van der Waals surface area contributed by atoms with E-state index in [1.165, 1.54) is 17.5 Å². The van der Waals surface area contributed by atoms with E-state index in [9.17, 15) is 0 Å². The minimum atomic E-state index is 0.698. The van der Waals surface area contributed by atoms with E-state index in [2.05, 4.69) is 50.1 Å². The normalized spacial score (nSPS) is 18.8. The predicted octanol–water partition coefficient (Wildman–Crippen LogP) is 2.96. The molecule has 1 aliphatic heterocycles. The van der Waals surface area contributed by atoms with Crippen LogP contribution in [0.3, 0.4) is 0 Å². The zero-order chi connectivity index (χ0) is 14.1. The molecule has 1 aliphatic rings. The Balaban J connectivity index is 1.67. The van der Waals surface area contributed by atoms with E-state index in [-0.39, 0.29) is 0 Å². The molecule has 0 bridgehead atoms. The summed E-state index contributed by atoms with van der Waals surface area (Å²) in [7, 11) is 1.97. The maximum Gasteiger partial charge on any atom is 0.131 e. The molecule has 2 aromatic rings. The van der Waals surface area contributed by atoms with Gasteiger partial charge in [-0.25, -0.2) is 4.98 Å². The summed E-state index contributed by atoms with van der Waals surface area (Å²) < 4.78 is 2.92. The Labute approximate surface area is 127 Å². The molecule has 3 rings (SSSR count). The van der Waals surface area contributed by atoms with E-state index >= 15 is 0 Å². The number of nitrogens with zero attached hydrogens (tertiary/aromatic N) is 4. The summed E-state index contributed by atoms with van der Waals surface area (Å²) in [6.45, 7) is 4.31. The van der Waals surface area contributed by atoms with Crippen LogP contribution >= 0.6 is 15.9 Å². The van der Waals surface area contributed by atoms with Gasteiger partial charge in [-0.15, -0.1) is 0 Å². The van der Waals surface area contributed by atoms with Crippen LogP contribution < -0.4 is 4.90 Å². The quantitative estimate of drug-likeness (QED) is 0.865. The van der Waals surface area contributed by atoms with Crippen molar-refractivity contribution in [1.29, 1.82) is 0 Å². The van der Waals surface area contributed by atoms with Crippen molar-refractivity contribution in [3.05, 3.63) is 40.3 Å². The van der Waals surface area contributed by atoms with Crippen molar-refractivity contribution in [2.75, 3.05) is 18.0 Å². The van der Waals surface area contributed by atoms with Crippen LogP contribution in [0.25, 0.3) is 0 Å². The Bertz CT molecular complexity index is 608. The Morgan fingerprint density at radius 1 is 1.40 bits per heavy atom. The van der Waals surface area contributed by atoms with Crippen LogP contribution in [0.5, 0.6) is 0 Å². The van der Waals surface area contributed by atoms with Gasteiger partial charge in [0.25, 0.3) is 0 Å². The number of rotatable bonds is 3. The molecule has 0 aromatic carbocycles. The zero-order valence-corrected chi connectivity index (χ0v) is 13.5. The van der Waals surface area contributed by atoms with Crippen LogP contribution in [0.2, 0.25) is 0 Å². The van der Waals surface area contributed by atoms with Crippen LogP contribution in [-0.2, 0) is 13.5 Å². The van der Waals surface area contributed by atoms with Crippen molar-refractivity contribution in [2.45, 2.75) is 19.8 Å². The lowest BCUT2D eigenvalue weighted by Gasteiger charge is -2.19. The molecule has 1 atom stereocenters. The smallest absolute Gasteiger partial charge is 0.131 e. The van der Waals surface area contributed by atoms with E-state index in [0.717, 1.165) is 29.8 Å². The van der Waals surface area contributed by atoms with E-state index < -0.39 is 0 Å². The SMILES string of the molecule is Cc1cc(Br)cnc1N1CC[C@@H](Cc2cnn(C)c2)C1. The predicted molar refractivity (Wildman–Crippen MR) is 83.9 cm³/mol. The molecule has 20 heavy (non-hydrogen) atoms. The average molecular weight is 335 g/mol. The first-order valence-corrected chi connectivity index (χ1v) is 7.76. The fraction of sp³-hybridized carbons (Fsp3) is 0.467. The highest BCUT2D eigenvalue weighted by Gasteiger charge is 2.24. The van der Waals surface area contributed by atoms with Gasteiger partial charge in [-0.2, -0.15) is 5.10 Å². The standard InChI is InChI=1S/C15H19BrN4/c1-11-5-14(16)8-17-15(11)20-4-3-12(10-20)6-13-7-18-19(2)9-13/h5,7-9,12H,3-4,6,10H2,1-2H3/t12-/m0/s1. The van der Waals surface area contributed by atoms with Gasteiger partial charge in [0.2, 0.25) is 0 Å². The molecular formula is C15H19BrN4. The second-order valence-corrected chi connectivity index (χ2v) is 6.54. The molecule has 0 amide bonds. The molecule has 1 fully saturated rings. The third kappa shape index (κ3) is 2.87. The molecular weight excluding hydrogens is 316 g/mol. The molecule has 106 valence electrons. The number of pyridine rings is 1. The summed E-state index contributed by atoms with van der Waals surface area (Å²) in [5.74, 6) is 1.82. The molecule has 0 saturated carbocycles. The Hall–Kier alpha value is -1.36. The molecule has 0 aliphatic carbocycles. The van der Waals surface area contributed by atoms with Gasteiger partial charge < -0.3 is 4.90 Å². The van der Waals surface area contributed by atoms with Gasteiger partial charge >= 0.3 is 0 Å². The summed E-state index contributed by atoms with van der Waals surface area (Å²) in [4.78, 5) is 6.97. The monoisotopic (exact) mass is 334 g/mol. The number of hydrogen-bond acceptors (Lipinski definition) is 3. The summed E-state index contributed by atoms with van der Waals surface area (Å²) in [5, 5.41) is 4.25. The summed E-state index contributed by atoms with van der Waals surface area (Å²) >= 11 is 3.47. The second kappa shape index (κ2) is 5.56. The van der Waals surface area contributed by atoms with Gasteiger partial charge in [0, 0.05) is 37.0 Å². The van der Waals surface area contributed by atoms with Gasteiger partial charge in [0.05, 0.1) is 6.20 Å². The van der Waals surface area contributed by atoms with Gasteiger partial charge in [-0.05, 0) is 58.8 Å². The summed E-state index contributed by atoms with van der Waals surface area (Å²) in [5.41, 5.74) is 2.57. The summed E-state index contributed by atoms with van der Waals surface area (Å²) in [6, 6.07) is 2.14. The lowest BCUT2D eigenvalue weighted by Crippen LogP contribution is -2.22. The second-order valence-electron chi connectivity index (χ2n) is 5.62. The summed E-state index contributed by atoms with van der Waals surface area (Å²) in [6.07, 6.45) is 8.32. The number of aryl methyl sites for hydroxylation is 2. The fourth-order valence-electron chi connectivity index (χ4n) is 2.97. The molecule has 0 spiro atoms. The largest absolute Gasteiger partial charge is 0.356 e. The Morgan fingerprint density at radius 3 is 2.95 bits per heavy atom. The first kappa shape index (κ1) is 13.6. The van der Waals surface area contributed by atoms with Gasteiger partial charge in [-0.1, -0.05) is 0 Å². The van der Waals surface area contributed by atoms with Gasteiger partial charge in [0.1, 0.15) is 5.82 Å². The fourth-order valence-corrected chi connectivity index (χ4v) is 3.41. The molecule has 0 radical (unpaired) electrons. The molecule has 2 aromatic heterocycles. The first-order chi connectivity index (χ1) is 9.61. The zero-order valence-electron chi connectivity index (χ0n) is 11.9. The number of aromatic nitrogens is 3. The Kier molecular flexibility index (Phi) is 3.78. The first-order valence-electron chi connectivity index (χ1n) is 6.96. The highest BCUT2D eigenvalue weighted by atomic mass is 79.9. The van der Waals surface area contributed by atoms with Crippen molar-refractivity contribution in [1.82, 2.24) is 14.8 Å². The lowest BCUT2D eigenvalue weighted by molar-refractivity contribution is 0.585. The lowest BCUT2D eigenvalue weighted by atomic mass is 10.0. The van der Waals surface area contributed by atoms with Gasteiger partial charge in [-0.3, -0.25) is 4.68 Å². The molecule has 5 heteroatoms. The minimum Gasteiger partial charge on any atom is -0.356 e. The van der Waals surface area contributed by atoms with Gasteiger partial charge in [0.15, 0.2) is 0 Å². The molecule has 4 nitrogen and oxygen atoms in total. The van der Waals surface area contributed by atoms with Crippen molar-refractivity contribution in [2.24, 2.45) is 13.0 Å². The van der Waals surface area contributed by atoms with Crippen LogP contribution in [-0.4, -0.2) is 27.9 Å². The van der Waals surface area contributed by atoms with Crippen molar-refractivity contribution in [3.63, 3.8) is 0 Å². The van der Waals surface area contributed by atoms with Crippen molar-refractivity contribution < 1.29 is 0 Å². The van der Waals surface area contributed by atoms with Crippen molar-refractivity contribution >= 4 is 21.7 Å². The Morgan fingerprint density at radius 2 is 2.25 bits per heavy atom. The molecule has 0 N–H and O–H groups in total. The van der Waals surface area contributed by atoms with E-state index in [0.29, 0.717) is 5.92 Å². The highest BCUT2D eigenvalue weighted by Crippen LogP contribution is 2.28. The molecule has 3 heterocycles. The van der Waals surface area contributed by atoms with Crippen LogP contribution in [0.1, 0.15) is 17.5 Å². The topological polar surface area (TPSA) is 34.0 Å². The minimum absolute atomic E-state index is 0.698. The third-order valence-electron chi connectivity index (χ3n) is 3.89. The van der Waals surface area contributed by atoms with Crippen molar-refractivity contribution in [3.8, 4) is 0 Å². The molecule has 1 saturated heterocycles. The van der Waals surface area contributed by atoms with E-state index in [4.69, 9.17) is 0 Å². The van der Waals surface area contributed by atoms with E-state index in [1.54, 1.807) is 0 Å². The highest BCUT2D eigenvalue weighted by molar-refractivity contribution is 9.10. The third-order valence-corrected chi connectivity index (χ3v) is 4.32. The number of anilines is 1. The van der Waals surface area contributed by atoms with Crippen LogP contribution in [0.4, 0.5) is 5.82 Å². The maximum absolute atomic E-state index is 4.57. The van der Waals surface area contributed by atoms with Crippen LogP contribution in [0, 0.1) is 12.8 Å².